The minimum absolute atomic E-state index is 0.0653. The number of nitrogens with one attached hydrogen (secondary N) is 1. The van der Waals surface area contributed by atoms with E-state index in [-0.39, 0.29) is 5.75 Å². The molecular formula is C12H13BrN2O4S. The number of hydrogen-bond acceptors (Lipinski definition) is 5. The van der Waals surface area contributed by atoms with Gasteiger partial charge in [0.1, 0.15) is 0 Å². The molecule has 0 aromatic heterocycles. The standard InChI is InChI=1S/C12H13BrN2O4S/c1-7(11(17)15-12(14)18)19-10(16)6-20-9-4-2-8(13)3-5-9/h2-5,7H,6H2,1H3,(H3,14,15,17,18). The molecule has 1 aromatic rings. The number of urea groups is 1. The first-order valence-corrected chi connectivity index (χ1v) is 7.34. The van der Waals surface area contributed by atoms with Crippen LogP contribution in [-0.2, 0) is 14.3 Å². The smallest absolute Gasteiger partial charge is 0.318 e. The highest BCUT2D eigenvalue weighted by atomic mass is 79.9. The van der Waals surface area contributed by atoms with Crippen LogP contribution < -0.4 is 11.1 Å². The summed E-state index contributed by atoms with van der Waals surface area (Å²) in [5.74, 6) is -1.24. The number of halogens is 1. The molecule has 6 nitrogen and oxygen atoms in total. The first kappa shape index (κ1) is 16.5. The number of benzene rings is 1. The van der Waals surface area contributed by atoms with Crippen molar-refractivity contribution in [2.75, 3.05) is 5.75 Å². The van der Waals surface area contributed by atoms with Crippen molar-refractivity contribution in [3.8, 4) is 0 Å². The van der Waals surface area contributed by atoms with E-state index in [0.717, 1.165) is 9.37 Å². The molecule has 8 heteroatoms. The van der Waals surface area contributed by atoms with Crippen molar-refractivity contribution < 1.29 is 19.1 Å². The molecule has 0 aliphatic rings. The molecule has 3 amide bonds. The van der Waals surface area contributed by atoms with Gasteiger partial charge in [-0.1, -0.05) is 15.9 Å². The number of carbonyl (C=O) groups excluding carboxylic acids is 3. The molecule has 20 heavy (non-hydrogen) atoms. The number of hydrogen-bond donors (Lipinski definition) is 2. The number of thioether (sulfide) groups is 1. The van der Waals surface area contributed by atoms with Crippen LogP contribution in [0.2, 0.25) is 0 Å². The van der Waals surface area contributed by atoms with Crippen molar-refractivity contribution in [1.29, 1.82) is 0 Å². The van der Waals surface area contributed by atoms with Gasteiger partial charge in [0.15, 0.2) is 6.10 Å². The van der Waals surface area contributed by atoms with Gasteiger partial charge in [-0.15, -0.1) is 11.8 Å². The van der Waals surface area contributed by atoms with E-state index in [0.29, 0.717) is 0 Å². The fourth-order valence-electron chi connectivity index (χ4n) is 1.18. The van der Waals surface area contributed by atoms with Crippen molar-refractivity contribution in [2.24, 2.45) is 5.73 Å². The molecule has 0 aliphatic carbocycles. The Balaban J connectivity index is 2.38. The van der Waals surface area contributed by atoms with Crippen molar-refractivity contribution in [3.05, 3.63) is 28.7 Å². The van der Waals surface area contributed by atoms with E-state index in [1.54, 1.807) is 0 Å². The molecule has 108 valence electrons. The lowest BCUT2D eigenvalue weighted by molar-refractivity contribution is -0.151. The zero-order valence-corrected chi connectivity index (χ0v) is 13.0. The summed E-state index contributed by atoms with van der Waals surface area (Å²) in [6, 6.07) is 6.44. The van der Waals surface area contributed by atoms with Gasteiger partial charge in [0, 0.05) is 9.37 Å². The van der Waals surface area contributed by atoms with E-state index in [2.05, 4.69) is 15.9 Å². The van der Waals surface area contributed by atoms with Gasteiger partial charge in [-0.25, -0.2) is 4.79 Å². The number of primary amides is 1. The van der Waals surface area contributed by atoms with Crippen LogP contribution in [0, 0.1) is 0 Å². The molecule has 0 radical (unpaired) electrons. The van der Waals surface area contributed by atoms with Crippen LogP contribution >= 0.6 is 27.7 Å². The SMILES string of the molecule is CC(OC(=O)CSc1ccc(Br)cc1)C(=O)NC(N)=O. The van der Waals surface area contributed by atoms with Crippen molar-refractivity contribution in [3.63, 3.8) is 0 Å². The quantitative estimate of drug-likeness (QED) is 0.614. The Morgan fingerprint density at radius 1 is 1.35 bits per heavy atom. The molecule has 0 saturated carbocycles. The molecule has 1 rings (SSSR count). The fraction of sp³-hybridized carbons (Fsp3) is 0.250. The Labute approximate surface area is 128 Å². The van der Waals surface area contributed by atoms with Gasteiger partial charge in [0.05, 0.1) is 5.75 Å². The normalized spacial score (nSPS) is 11.5. The third-order valence-corrected chi connectivity index (χ3v) is 3.61. The van der Waals surface area contributed by atoms with Crippen molar-refractivity contribution in [1.82, 2.24) is 5.32 Å². The molecule has 0 bridgehead atoms. The largest absolute Gasteiger partial charge is 0.452 e. The molecule has 1 unspecified atom stereocenters. The molecule has 0 aliphatic heterocycles. The maximum absolute atomic E-state index is 11.5. The van der Waals surface area contributed by atoms with Gasteiger partial charge >= 0.3 is 12.0 Å². The number of ether oxygens (including phenoxy) is 1. The van der Waals surface area contributed by atoms with Crippen LogP contribution in [0.3, 0.4) is 0 Å². The van der Waals surface area contributed by atoms with E-state index >= 15 is 0 Å². The van der Waals surface area contributed by atoms with Crippen molar-refractivity contribution in [2.45, 2.75) is 17.9 Å². The summed E-state index contributed by atoms with van der Waals surface area (Å²) in [5, 5.41) is 1.84. The Hall–Kier alpha value is -1.54. The lowest BCUT2D eigenvalue weighted by Crippen LogP contribution is -2.42. The molecule has 1 aromatic carbocycles. The summed E-state index contributed by atoms with van der Waals surface area (Å²) in [5.41, 5.74) is 4.79. The third kappa shape index (κ3) is 6.07. The average Bonchev–Trinajstić information content (AvgIpc) is 2.37. The monoisotopic (exact) mass is 360 g/mol. The minimum atomic E-state index is -1.07. The topological polar surface area (TPSA) is 98.5 Å². The Kier molecular flexibility index (Phi) is 6.53. The maximum atomic E-state index is 11.5. The summed E-state index contributed by atoms with van der Waals surface area (Å²) in [6.07, 6.45) is -1.07. The molecule has 1 atom stereocenters. The van der Waals surface area contributed by atoms with Gasteiger partial charge in [-0.3, -0.25) is 14.9 Å². The highest BCUT2D eigenvalue weighted by molar-refractivity contribution is 9.10. The summed E-state index contributed by atoms with van der Waals surface area (Å²) in [6.45, 7) is 1.36. The van der Waals surface area contributed by atoms with E-state index in [4.69, 9.17) is 10.5 Å². The van der Waals surface area contributed by atoms with Crippen molar-refractivity contribution >= 4 is 45.6 Å². The zero-order valence-electron chi connectivity index (χ0n) is 10.6. The second-order valence-corrected chi connectivity index (χ2v) is 5.69. The second kappa shape index (κ2) is 7.91. The van der Waals surface area contributed by atoms with Crippen LogP contribution in [0.15, 0.2) is 33.6 Å². The minimum Gasteiger partial charge on any atom is -0.452 e. The van der Waals surface area contributed by atoms with Gasteiger partial charge in [-0.05, 0) is 31.2 Å². The maximum Gasteiger partial charge on any atom is 0.318 e. The van der Waals surface area contributed by atoms with E-state index in [9.17, 15) is 14.4 Å². The lowest BCUT2D eigenvalue weighted by atomic mass is 10.4. The predicted octanol–water partition coefficient (Wildman–Crippen LogP) is 1.67. The van der Waals surface area contributed by atoms with Crippen LogP contribution in [-0.4, -0.2) is 29.8 Å². The first-order valence-electron chi connectivity index (χ1n) is 5.56. The molecule has 0 fully saturated rings. The first-order chi connectivity index (χ1) is 9.38. The van der Waals surface area contributed by atoms with Crippen LogP contribution in [0.25, 0.3) is 0 Å². The number of nitrogens with two attached hydrogens (primary N) is 1. The number of esters is 1. The number of imide groups is 1. The number of rotatable bonds is 5. The second-order valence-electron chi connectivity index (χ2n) is 3.73. The highest BCUT2D eigenvalue weighted by Gasteiger charge is 2.18. The summed E-state index contributed by atoms with van der Waals surface area (Å²) >= 11 is 4.60. The lowest BCUT2D eigenvalue weighted by Gasteiger charge is -2.11. The predicted molar refractivity (Wildman–Crippen MR) is 78.1 cm³/mol. The highest BCUT2D eigenvalue weighted by Crippen LogP contribution is 2.20. The van der Waals surface area contributed by atoms with E-state index in [1.807, 2.05) is 29.6 Å². The molecule has 0 spiro atoms. The van der Waals surface area contributed by atoms with Gasteiger partial charge < -0.3 is 10.5 Å². The molecule has 3 N–H and O–H groups in total. The Morgan fingerprint density at radius 3 is 2.50 bits per heavy atom. The number of amides is 3. The summed E-state index contributed by atoms with van der Waals surface area (Å²) < 4.78 is 5.82. The van der Waals surface area contributed by atoms with Gasteiger partial charge in [0.25, 0.3) is 5.91 Å². The van der Waals surface area contributed by atoms with Crippen LogP contribution in [0.4, 0.5) is 4.79 Å². The average molecular weight is 361 g/mol. The van der Waals surface area contributed by atoms with Crippen LogP contribution in [0.5, 0.6) is 0 Å². The third-order valence-electron chi connectivity index (χ3n) is 2.09. The van der Waals surface area contributed by atoms with E-state index in [1.165, 1.54) is 18.7 Å². The zero-order chi connectivity index (χ0) is 15.1. The Morgan fingerprint density at radius 2 is 1.95 bits per heavy atom. The Bertz CT molecular complexity index is 507. The van der Waals surface area contributed by atoms with Crippen LogP contribution in [0.1, 0.15) is 6.92 Å². The summed E-state index contributed by atoms with van der Waals surface area (Å²) in [7, 11) is 0. The summed E-state index contributed by atoms with van der Waals surface area (Å²) in [4.78, 5) is 34.2. The molecular weight excluding hydrogens is 348 g/mol. The molecule has 0 heterocycles. The number of carbonyl (C=O) groups is 3. The fourth-order valence-corrected chi connectivity index (χ4v) is 2.13. The van der Waals surface area contributed by atoms with E-state index < -0.39 is 24.0 Å². The van der Waals surface area contributed by atoms with Gasteiger partial charge in [-0.2, -0.15) is 0 Å². The molecule has 0 saturated heterocycles. The van der Waals surface area contributed by atoms with Gasteiger partial charge in [0.2, 0.25) is 0 Å².